The van der Waals surface area contributed by atoms with E-state index in [1.54, 1.807) is 0 Å². The van der Waals surface area contributed by atoms with Crippen LogP contribution in [0.2, 0.25) is 0 Å². The molecule has 0 aromatic carbocycles. The second-order valence-corrected chi connectivity index (χ2v) is 4.46. The Labute approximate surface area is 94.5 Å². The van der Waals surface area contributed by atoms with Gasteiger partial charge in [0.1, 0.15) is 0 Å². The van der Waals surface area contributed by atoms with Crippen molar-refractivity contribution in [1.29, 1.82) is 0 Å². The van der Waals surface area contributed by atoms with Crippen LogP contribution in [0.4, 0.5) is 0 Å². The summed E-state index contributed by atoms with van der Waals surface area (Å²) in [5.41, 5.74) is 7.69. The van der Waals surface area contributed by atoms with Gasteiger partial charge in [0.2, 0.25) is 0 Å². The van der Waals surface area contributed by atoms with E-state index >= 15 is 0 Å². The van der Waals surface area contributed by atoms with Crippen LogP contribution < -0.4 is 5.73 Å². The summed E-state index contributed by atoms with van der Waals surface area (Å²) in [5, 5.41) is 4.55. The van der Waals surface area contributed by atoms with Crippen LogP contribution in [0.5, 0.6) is 0 Å². The third-order valence-corrected chi connectivity index (χ3v) is 3.40. The van der Waals surface area contributed by atoms with Crippen LogP contribution in [0.25, 0.3) is 5.65 Å². The van der Waals surface area contributed by atoms with Crippen LogP contribution in [0.15, 0.2) is 18.3 Å². The number of aromatic nitrogens is 3. The fourth-order valence-corrected chi connectivity index (χ4v) is 2.49. The van der Waals surface area contributed by atoms with Gasteiger partial charge < -0.3 is 5.73 Å². The lowest BCUT2D eigenvalue weighted by molar-refractivity contribution is 0.666. The maximum absolute atomic E-state index is 5.70. The predicted molar refractivity (Wildman–Crippen MR) is 62.1 cm³/mol. The molecule has 2 aromatic heterocycles. The third kappa shape index (κ3) is 1.50. The van der Waals surface area contributed by atoms with Gasteiger partial charge in [0, 0.05) is 24.2 Å². The minimum Gasteiger partial charge on any atom is -0.326 e. The molecule has 2 N–H and O–H groups in total. The number of hydrogen-bond acceptors (Lipinski definition) is 3. The zero-order valence-electron chi connectivity index (χ0n) is 9.26. The number of rotatable bonds is 2. The summed E-state index contributed by atoms with van der Waals surface area (Å²) in [6.07, 6.45) is 7.03. The average Bonchev–Trinajstić information content (AvgIpc) is 2.96. The molecule has 0 bridgehead atoms. The second kappa shape index (κ2) is 3.87. The molecule has 16 heavy (non-hydrogen) atoms. The van der Waals surface area contributed by atoms with Gasteiger partial charge in [-0.25, -0.2) is 9.50 Å². The fraction of sp³-hybridized carbons (Fsp3) is 0.500. The molecular weight excluding hydrogens is 200 g/mol. The van der Waals surface area contributed by atoms with Crippen LogP contribution in [0.3, 0.4) is 0 Å². The first-order valence-corrected chi connectivity index (χ1v) is 5.92. The van der Waals surface area contributed by atoms with Gasteiger partial charge in [-0.1, -0.05) is 18.9 Å². The maximum Gasteiger partial charge on any atom is 0.160 e. The van der Waals surface area contributed by atoms with E-state index in [1.165, 1.54) is 25.7 Å². The highest BCUT2D eigenvalue weighted by atomic mass is 15.3. The monoisotopic (exact) mass is 216 g/mol. The highest BCUT2D eigenvalue weighted by Gasteiger charge is 2.21. The Hall–Kier alpha value is -1.42. The van der Waals surface area contributed by atoms with Crippen LogP contribution in [0.1, 0.15) is 43.0 Å². The van der Waals surface area contributed by atoms with E-state index in [9.17, 15) is 0 Å². The van der Waals surface area contributed by atoms with Crippen molar-refractivity contribution in [3.8, 4) is 0 Å². The molecule has 0 amide bonds. The molecule has 0 saturated heterocycles. The van der Waals surface area contributed by atoms with Crippen molar-refractivity contribution in [2.45, 2.75) is 38.1 Å². The second-order valence-electron chi connectivity index (χ2n) is 4.46. The van der Waals surface area contributed by atoms with Gasteiger partial charge in [-0.05, 0) is 18.9 Å². The predicted octanol–water partition coefficient (Wildman–Crippen LogP) is 1.85. The summed E-state index contributed by atoms with van der Waals surface area (Å²) in [5.74, 6) is 1.56. The van der Waals surface area contributed by atoms with Crippen molar-refractivity contribution in [2.75, 3.05) is 0 Å². The Kier molecular flexibility index (Phi) is 2.36. The zero-order chi connectivity index (χ0) is 11.0. The van der Waals surface area contributed by atoms with E-state index in [0.717, 1.165) is 17.0 Å². The lowest BCUT2D eigenvalue weighted by atomic mass is 10.1. The van der Waals surface area contributed by atoms with Crippen molar-refractivity contribution in [2.24, 2.45) is 5.73 Å². The number of hydrogen-bond donors (Lipinski definition) is 1. The molecule has 3 rings (SSSR count). The van der Waals surface area contributed by atoms with E-state index in [-0.39, 0.29) is 0 Å². The average molecular weight is 216 g/mol. The molecule has 2 heterocycles. The standard InChI is InChI=1S/C12H16N4/c13-8-10-6-3-7-16-12(10)14-11(15-16)9-4-1-2-5-9/h3,6-7,9H,1-2,4-5,8,13H2. The molecule has 1 fully saturated rings. The normalized spacial score (nSPS) is 17.3. The van der Waals surface area contributed by atoms with Gasteiger partial charge in [0.15, 0.2) is 11.5 Å². The largest absolute Gasteiger partial charge is 0.326 e. The van der Waals surface area contributed by atoms with Crippen LogP contribution >= 0.6 is 0 Å². The Morgan fingerprint density at radius 3 is 2.94 bits per heavy atom. The molecular formula is C12H16N4. The Balaban J connectivity index is 2.07. The number of nitrogens with two attached hydrogens (primary N) is 1. The number of pyridine rings is 1. The van der Waals surface area contributed by atoms with Crippen LogP contribution in [0, 0.1) is 0 Å². The van der Waals surface area contributed by atoms with Crippen molar-refractivity contribution < 1.29 is 0 Å². The minimum atomic E-state index is 0.521. The van der Waals surface area contributed by atoms with Gasteiger partial charge in [-0.2, -0.15) is 5.10 Å². The minimum absolute atomic E-state index is 0.521. The third-order valence-electron chi connectivity index (χ3n) is 3.40. The maximum atomic E-state index is 5.70. The molecule has 4 heteroatoms. The van der Waals surface area contributed by atoms with E-state index in [0.29, 0.717) is 12.5 Å². The molecule has 1 saturated carbocycles. The molecule has 0 unspecified atom stereocenters. The fourth-order valence-electron chi connectivity index (χ4n) is 2.49. The van der Waals surface area contributed by atoms with Crippen molar-refractivity contribution >= 4 is 5.65 Å². The van der Waals surface area contributed by atoms with E-state index in [1.807, 2.05) is 22.8 Å². The van der Waals surface area contributed by atoms with E-state index < -0.39 is 0 Å². The summed E-state index contributed by atoms with van der Waals surface area (Å²) < 4.78 is 1.86. The highest BCUT2D eigenvalue weighted by molar-refractivity contribution is 5.47. The lowest BCUT2D eigenvalue weighted by Crippen LogP contribution is -1.99. The molecule has 0 spiro atoms. The highest BCUT2D eigenvalue weighted by Crippen LogP contribution is 2.32. The van der Waals surface area contributed by atoms with Gasteiger partial charge in [-0.3, -0.25) is 0 Å². The van der Waals surface area contributed by atoms with E-state index in [4.69, 9.17) is 5.73 Å². The molecule has 0 aliphatic heterocycles. The van der Waals surface area contributed by atoms with E-state index in [2.05, 4.69) is 10.1 Å². The Morgan fingerprint density at radius 2 is 2.19 bits per heavy atom. The first-order valence-electron chi connectivity index (χ1n) is 5.92. The molecule has 2 aromatic rings. The number of fused-ring (bicyclic) bond motifs is 1. The van der Waals surface area contributed by atoms with Gasteiger partial charge in [0.25, 0.3) is 0 Å². The first kappa shape index (κ1) is 9.78. The topological polar surface area (TPSA) is 56.2 Å². The smallest absolute Gasteiger partial charge is 0.160 e. The molecule has 1 aliphatic carbocycles. The first-order chi connectivity index (χ1) is 7.88. The molecule has 0 radical (unpaired) electrons. The number of nitrogens with zero attached hydrogens (tertiary/aromatic N) is 3. The Morgan fingerprint density at radius 1 is 1.38 bits per heavy atom. The molecule has 4 nitrogen and oxygen atoms in total. The van der Waals surface area contributed by atoms with Crippen molar-refractivity contribution in [3.05, 3.63) is 29.7 Å². The summed E-state index contributed by atoms with van der Waals surface area (Å²) in [6.45, 7) is 0.521. The SMILES string of the molecule is NCc1cccn2nc(C3CCCC3)nc12. The zero-order valence-corrected chi connectivity index (χ0v) is 9.26. The Bertz CT molecular complexity index is 497. The quantitative estimate of drug-likeness (QED) is 0.833. The summed E-state index contributed by atoms with van der Waals surface area (Å²) in [6, 6.07) is 3.99. The summed E-state index contributed by atoms with van der Waals surface area (Å²) in [4.78, 5) is 4.64. The molecule has 84 valence electrons. The molecule has 0 atom stereocenters. The van der Waals surface area contributed by atoms with Crippen molar-refractivity contribution in [1.82, 2.24) is 14.6 Å². The van der Waals surface area contributed by atoms with Gasteiger partial charge in [-0.15, -0.1) is 0 Å². The molecule has 1 aliphatic rings. The van der Waals surface area contributed by atoms with Gasteiger partial charge in [0.05, 0.1) is 0 Å². The van der Waals surface area contributed by atoms with Gasteiger partial charge >= 0.3 is 0 Å². The summed E-state index contributed by atoms with van der Waals surface area (Å²) in [7, 11) is 0. The van der Waals surface area contributed by atoms with Crippen LogP contribution in [-0.2, 0) is 6.54 Å². The van der Waals surface area contributed by atoms with Crippen molar-refractivity contribution in [3.63, 3.8) is 0 Å². The van der Waals surface area contributed by atoms with Crippen LogP contribution in [-0.4, -0.2) is 14.6 Å². The summed E-state index contributed by atoms with van der Waals surface area (Å²) >= 11 is 0. The lowest BCUT2D eigenvalue weighted by Gasteiger charge is -2.00.